The first-order valence-corrected chi connectivity index (χ1v) is 6.77. The van der Waals surface area contributed by atoms with E-state index in [0.717, 1.165) is 18.4 Å². The summed E-state index contributed by atoms with van der Waals surface area (Å²) in [6.45, 7) is 4.62. The van der Waals surface area contributed by atoms with Gasteiger partial charge in [-0.05, 0) is 30.7 Å². The van der Waals surface area contributed by atoms with E-state index >= 15 is 0 Å². The van der Waals surface area contributed by atoms with Crippen LogP contribution in [-0.2, 0) is 0 Å². The van der Waals surface area contributed by atoms with Gasteiger partial charge in [0.1, 0.15) is 4.99 Å². The highest BCUT2D eigenvalue weighted by molar-refractivity contribution is 7.80. The Kier molecular flexibility index (Phi) is 3.80. The molecule has 3 N–H and O–H groups in total. The fourth-order valence-corrected chi connectivity index (χ4v) is 2.82. The van der Waals surface area contributed by atoms with Gasteiger partial charge in [-0.15, -0.1) is 5.10 Å². The van der Waals surface area contributed by atoms with Gasteiger partial charge < -0.3 is 11.1 Å². The molecule has 0 saturated heterocycles. The van der Waals surface area contributed by atoms with E-state index in [4.69, 9.17) is 18.0 Å². The SMILES string of the molecule is CC1(C)CCCC(Nc2nnccc2C(N)=S)C1. The molecule has 1 aromatic heterocycles. The van der Waals surface area contributed by atoms with Crippen molar-refractivity contribution in [1.82, 2.24) is 10.2 Å². The largest absolute Gasteiger partial charge is 0.389 e. The summed E-state index contributed by atoms with van der Waals surface area (Å²) < 4.78 is 0. The van der Waals surface area contributed by atoms with Crippen LogP contribution in [-0.4, -0.2) is 21.2 Å². The summed E-state index contributed by atoms with van der Waals surface area (Å²) in [4.78, 5) is 0.363. The molecule has 0 aromatic carbocycles. The van der Waals surface area contributed by atoms with Crippen LogP contribution in [0.25, 0.3) is 0 Å². The van der Waals surface area contributed by atoms with Crippen LogP contribution in [0, 0.1) is 5.41 Å². The Morgan fingerprint density at radius 2 is 2.33 bits per heavy atom. The lowest BCUT2D eigenvalue weighted by Crippen LogP contribution is -2.32. The van der Waals surface area contributed by atoms with Crippen molar-refractivity contribution in [2.75, 3.05) is 5.32 Å². The van der Waals surface area contributed by atoms with Crippen LogP contribution in [0.4, 0.5) is 5.82 Å². The average Bonchev–Trinajstić information content (AvgIpc) is 2.28. The molecule has 1 heterocycles. The topological polar surface area (TPSA) is 63.8 Å². The molecule has 98 valence electrons. The Morgan fingerprint density at radius 1 is 1.56 bits per heavy atom. The first-order valence-electron chi connectivity index (χ1n) is 6.36. The Labute approximate surface area is 113 Å². The number of aromatic nitrogens is 2. The third-order valence-electron chi connectivity index (χ3n) is 3.53. The average molecular weight is 264 g/mol. The maximum Gasteiger partial charge on any atom is 0.159 e. The zero-order valence-corrected chi connectivity index (χ0v) is 11.8. The van der Waals surface area contributed by atoms with Crippen molar-refractivity contribution in [3.63, 3.8) is 0 Å². The molecule has 0 amide bonds. The van der Waals surface area contributed by atoms with Crippen molar-refractivity contribution in [3.8, 4) is 0 Å². The molecule has 1 aliphatic rings. The van der Waals surface area contributed by atoms with Crippen molar-refractivity contribution in [2.45, 2.75) is 45.6 Å². The van der Waals surface area contributed by atoms with Gasteiger partial charge >= 0.3 is 0 Å². The predicted octanol–water partition coefficient (Wildman–Crippen LogP) is 2.49. The van der Waals surface area contributed by atoms with Crippen molar-refractivity contribution < 1.29 is 0 Å². The number of thiocarbonyl (C=S) groups is 1. The summed E-state index contributed by atoms with van der Waals surface area (Å²) in [7, 11) is 0. The highest BCUT2D eigenvalue weighted by Gasteiger charge is 2.28. The van der Waals surface area contributed by atoms with E-state index < -0.39 is 0 Å². The zero-order valence-electron chi connectivity index (χ0n) is 10.9. The molecule has 1 aromatic rings. The quantitative estimate of drug-likeness (QED) is 0.821. The van der Waals surface area contributed by atoms with Crippen LogP contribution >= 0.6 is 12.2 Å². The second-order valence-corrected chi connectivity index (χ2v) is 6.20. The molecular formula is C13H20N4S. The Bertz CT molecular complexity index is 444. The van der Waals surface area contributed by atoms with Gasteiger partial charge in [-0.3, -0.25) is 0 Å². The minimum absolute atomic E-state index is 0.363. The second-order valence-electron chi connectivity index (χ2n) is 5.76. The number of rotatable bonds is 3. The maximum absolute atomic E-state index is 5.70. The first kappa shape index (κ1) is 13.2. The second kappa shape index (κ2) is 5.18. The lowest BCUT2D eigenvalue weighted by molar-refractivity contribution is 0.229. The molecule has 18 heavy (non-hydrogen) atoms. The van der Waals surface area contributed by atoms with E-state index in [2.05, 4.69) is 29.4 Å². The maximum atomic E-state index is 5.70. The van der Waals surface area contributed by atoms with E-state index in [0.29, 0.717) is 22.3 Å². The molecule has 1 atom stereocenters. The fourth-order valence-electron chi connectivity index (χ4n) is 2.65. The van der Waals surface area contributed by atoms with E-state index in [9.17, 15) is 0 Å². The first-order chi connectivity index (χ1) is 8.48. The third-order valence-corrected chi connectivity index (χ3v) is 3.75. The number of nitrogens with one attached hydrogen (secondary N) is 1. The molecule has 0 aliphatic heterocycles. The van der Waals surface area contributed by atoms with Gasteiger partial charge in [-0.1, -0.05) is 32.5 Å². The number of nitrogens with two attached hydrogens (primary N) is 1. The van der Waals surface area contributed by atoms with E-state index in [1.54, 1.807) is 6.20 Å². The van der Waals surface area contributed by atoms with Gasteiger partial charge in [0.25, 0.3) is 0 Å². The molecule has 1 unspecified atom stereocenters. The molecule has 5 heteroatoms. The predicted molar refractivity (Wildman–Crippen MR) is 77.6 cm³/mol. The van der Waals surface area contributed by atoms with Crippen LogP contribution in [0.2, 0.25) is 0 Å². The summed E-state index contributed by atoms with van der Waals surface area (Å²) >= 11 is 5.03. The van der Waals surface area contributed by atoms with Crippen molar-refractivity contribution >= 4 is 23.0 Å². The molecule has 0 radical (unpaired) electrons. The molecule has 1 saturated carbocycles. The molecule has 0 bridgehead atoms. The van der Waals surface area contributed by atoms with Gasteiger partial charge in [-0.2, -0.15) is 5.10 Å². The summed E-state index contributed by atoms with van der Waals surface area (Å²) in [5.74, 6) is 0.715. The number of hydrogen-bond donors (Lipinski definition) is 2. The lowest BCUT2D eigenvalue weighted by Gasteiger charge is -2.35. The lowest BCUT2D eigenvalue weighted by atomic mass is 9.75. The molecule has 1 aliphatic carbocycles. The number of hydrogen-bond acceptors (Lipinski definition) is 4. The Hall–Kier alpha value is -1.23. The zero-order chi connectivity index (χ0) is 13.2. The summed E-state index contributed by atoms with van der Waals surface area (Å²) in [6, 6.07) is 2.24. The number of nitrogens with zero attached hydrogens (tertiary/aromatic N) is 2. The van der Waals surface area contributed by atoms with Crippen LogP contribution in [0.1, 0.15) is 45.1 Å². The van der Waals surface area contributed by atoms with Gasteiger partial charge in [0.2, 0.25) is 0 Å². The normalized spacial score (nSPS) is 22.4. The Balaban J connectivity index is 2.12. The van der Waals surface area contributed by atoms with Crippen molar-refractivity contribution in [1.29, 1.82) is 0 Å². The Morgan fingerprint density at radius 3 is 3.00 bits per heavy atom. The van der Waals surface area contributed by atoms with Crippen LogP contribution in [0.3, 0.4) is 0 Å². The standard InChI is InChI=1S/C13H20N4S/c1-13(2)6-3-4-9(8-13)16-12-10(11(14)18)5-7-15-17-12/h5,7,9H,3-4,6,8H2,1-2H3,(H2,14,18)(H,16,17). The van der Waals surface area contributed by atoms with Gasteiger partial charge in [0.15, 0.2) is 5.82 Å². The van der Waals surface area contributed by atoms with Crippen molar-refractivity contribution in [2.24, 2.45) is 11.1 Å². The van der Waals surface area contributed by atoms with E-state index in [1.165, 1.54) is 12.8 Å². The highest BCUT2D eigenvalue weighted by Crippen LogP contribution is 2.36. The molecule has 2 rings (SSSR count). The minimum Gasteiger partial charge on any atom is -0.389 e. The van der Waals surface area contributed by atoms with E-state index in [-0.39, 0.29) is 0 Å². The van der Waals surface area contributed by atoms with Crippen LogP contribution in [0.5, 0.6) is 0 Å². The van der Waals surface area contributed by atoms with Crippen LogP contribution < -0.4 is 11.1 Å². The summed E-state index contributed by atoms with van der Waals surface area (Å²) in [5.41, 5.74) is 6.87. The summed E-state index contributed by atoms with van der Waals surface area (Å²) in [5, 5.41) is 11.5. The van der Waals surface area contributed by atoms with E-state index in [1.807, 2.05) is 6.07 Å². The molecular weight excluding hydrogens is 244 g/mol. The van der Waals surface area contributed by atoms with Crippen LogP contribution in [0.15, 0.2) is 12.3 Å². The highest BCUT2D eigenvalue weighted by atomic mass is 32.1. The smallest absolute Gasteiger partial charge is 0.159 e. The van der Waals surface area contributed by atoms with Gasteiger partial charge in [0, 0.05) is 6.04 Å². The molecule has 4 nitrogen and oxygen atoms in total. The molecule has 1 fully saturated rings. The summed E-state index contributed by atoms with van der Waals surface area (Å²) in [6.07, 6.45) is 6.45. The van der Waals surface area contributed by atoms with Gasteiger partial charge in [0.05, 0.1) is 11.8 Å². The monoisotopic (exact) mass is 264 g/mol. The minimum atomic E-state index is 0.363. The fraction of sp³-hybridized carbons (Fsp3) is 0.615. The molecule has 0 spiro atoms. The third kappa shape index (κ3) is 3.16. The van der Waals surface area contributed by atoms with Gasteiger partial charge in [-0.25, -0.2) is 0 Å². The number of anilines is 1. The van der Waals surface area contributed by atoms with Crippen molar-refractivity contribution in [3.05, 3.63) is 17.8 Å².